The summed E-state index contributed by atoms with van der Waals surface area (Å²) in [6.45, 7) is 8.03. The Bertz CT molecular complexity index is 538. The molecule has 0 aliphatic carbocycles. The average molecular weight is 299 g/mol. The molecule has 5 heteroatoms. The molecular weight excluding hydrogens is 274 g/mol. The second-order valence-electron chi connectivity index (χ2n) is 5.16. The Kier molecular flexibility index (Phi) is 6.17. The van der Waals surface area contributed by atoms with Crippen molar-refractivity contribution in [3.63, 3.8) is 0 Å². The summed E-state index contributed by atoms with van der Waals surface area (Å²) in [4.78, 5) is 0.328. The Labute approximate surface area is 122 Å². The van der Waals surface area contributed by atoms with Crippen LogP contribution < -0.4 is 0 Å². The number of sulfonamides is 1. The van der Waals surface area contributed by atoms with Gasteiger partial charge in [-0.2, -0.15) is 4.31 Å². The van der Waals surface area contributed by atoms with Crippen LogP contribution in [0.4, 0.5) is 0 Å². The molecule has 0 atom stereocenters. The third-order valence-electron chi connectivity index (χ3n) is 3.30. The highest BCUT2D eigenvalue weighted by Crippen LogP contribution is 2.24. The van der Waals surface area contributed by atoms with Gasteiger partial charge in [0.05, 0.1) is 11.5 Å². The first-order chi connectivity index (χ1) is 9.38. The van der Waals surface area contributed by atoms with Crippen LogP contribution in [0.25, 0.3) is 0 Å². The van der Waals surface area contributed by atoms with E-state index in [9.17, 15) is 13.5 Å². The third kappa shape index (κ3) is 3.59. The summed E-state index contributed by atoms with van der Waals surface area (Å²) in [6.07, 6.45) is 1.43. The smallest absolute Gasteiger partial charge is 0.243 e. The van der Waals surface area contributed by atoms with Crippen LogP contribution in [0, 0.1) is 0 Å². The normalized spacial score (nSPS) is 12.3. The van der Waals surface area contributed by atoms with Crippen molar-refractivity contribution in [2.24, 2.45) is 0 Å². The number of rotatable bonds is 7. The number of aliphatic hydroxyl groups is 1. The second kappa shape index (κ2) is 7.20. The number of aliphatic hydroxyl groups excluding tert-OH is 1. The largest absolute Gasteiger partial charge is 0.392 e. The van der Waals surface area contributed by atoms with Crippen LogP contribution >= 0.6 is 0 Å². The maximum absolute atomic E-state index is 12.9. The van der Waals surface area contributed by atoms with E-state index in [1.54, 1.807) is 18.2 Å². The molecule has 114 valence electrons. The predicted molar refractivity (Wildman–Crippen MR) is 81.1 cm³/mol. The number of hydrogen-bond acceptors (Lipinski definition) is 3. The molecule has 20 heavy (non-hydrogen) atoms. The summed E-state index contributed by atoms with van der Waals surface area (Å²) >= 11 is 0. The van der Waals surface area contributed by atoms with E-state index >= 15 is 0 Å². The highest BCUT2D eigenvalue weighted by Gasteiger charge is 2.28. The van der Waals surface area contributed by atoms with E-state index < -0.39 is 10.0 Å². The number of benzene rings is 1. The lowest BCUT2D eigenvalue weighted by molar-refractivity contribution is 0.281. The standard InChI is InChI=1S/C15H25NO3S/c1-5-9-16(12(3)4)20(18,19)15-10-13(11-17)7-8-14(15)6-2/h7-8,10,12,17H,5-6,9,11H2,1-4H3. The molecule has 1 N–H and O–H groups in total. The van der Waals surface area contributed by atoms with Crippen molar-refractivity contribution < 1.29 is 13.5 Å². The SMILES string of the molecule is CCCN(C(C)C)S(=O)(=O)c1cc(CO)ccc1CC. The molecule has 1 aromatic rings. The summed E-state index contributed by atoms with van der Waals surface area (Å²) in [5, 5.41) is 9.23. The summed E-state index contributed by atoms with van der Waals surface area (Å²) in [5.74, 6) is 0. The summed E-state index contributed by atoms with van der Waals surface area (Å²) in [7, 11) is -3.52. The highest BCUT2D eigenvalue weighted by molar-refractivity contribution is 7.89. The van der Waals surface area contributed by atoms with E-state index in [1.807, 2.05) is 27.7 Å². The molecule has 0 spiro atoms. The molecule has 0 amide bonds. The second-order valence-corrected chi connectivity index (χ2v) is 7.02. The first-order valence-corrected chi connectivity index (χ1v) is 8.56. The first kappa shape index (κ1) is 17.1. The summed E-state index contributed by atoms with van der Waals surface area (Å²) in [5.41, 5.74) is 1.42. The molecule has 1 rings (SSSR count). The third-order valence-corrected chi connectivity index (χ3v) is 5.46. The van der Waals surface area contributed by atoms with Gasteiger partial charge in [0.25, 0.3) is 0 Å². The van der Waals surface area contributed by atoms with Gasteiger partial charge < -0.3 is 5.11 Å². The van der Waals surface area contributed by atoms with Crippen LogP contribution in [0.5, 0.6) is 0 Å². The monoisotopic (exact) mass is 299 g/mol. The van der Waals surface area contributed by atoms with Crippen molar-refractivity contribution >= 4 is 10.0 Å². The van der Waals surface area contributed by atoms with Gasteiger partial charge in [-0.1, -0.05) is 26.0 Å². The van der Waals surface area contributed by atoms with Gasteiger partial charge >= 0.3 is 0 Å². The Hall–Kier alpha value is -0.910. The van der Waals surface area contributed by atoms with Crippen LogP contribution in [0.2, 0.25) is 0 Å². The highest BCUT2D eigenvalue weighted by atomic mass is 32.2. The minimum atomic E-state index is -3.52. The Balaban J connectivity index is 3.38. The van der Waals surface area contributed by atoms with E-state index in [4.69, 9.17) is 0 Å². The van der Waals surface area contributed by atoms with Crippen molar-refractivity contribution in [2.75, 3.05) is 6.54 Å². The van der Waals surface area contributed by atoms with Crippen LogP contribution in [0.3, 0.4) is 0 Å². The van der Waals surface area contributed by atoms with Crippen molar-refractivity contribution in [3.8, 4) is 0 Å². The zero-order valence-corrected chi connectivity index (χ0v) is 13.6. The maximum Gasteiger partial charge on any atom is 0.243 e. The topological polar surface area (TPSA) is 57.6 Å². The van der Waals surface area contributed by atoms with Gasteiger partial charge in [0.1, 0.15) is 0 Å². The fourth-order valence-electron chi connectivity index (χ4n) is 2.23. The van der Waals surface area contributed by atoms with Crippen LogP contribution in [-0.2, 0) is 23.1 Å². The molecule has 0 bridgehead atoms. The average Bonchev–Trinajstić information content (AvgIpc) is 2.43. The lowest BCUT2D eigenvalue weighted by Crippen LogP contribution is -2.38. The van der Waals surface area contributed by atoms with Crippen molar-refractivity contribution in [2.45, 2.75) is 58.1 Å². The molecule has 0 aliphatic heterocycles. The van der Waals surface area contributed by atoms with E-state index in [-0.39, 0.29) is 12.6 Å². The molecule has 1 aromatic carbocycles. The van der Waals surface area contributed by atoms with Crippen molar-refractivity contribution in [1.29, 1.82) is 0 Å². The zero-order valence-electron chi connectivity index (χ0n) is 12.8. The van der Waals surface area contributed by atoms with Gasteiger partial charge in [-0.25, -0.2) is 8.42 Å². The molecular formula is C15H25NO3S. The molecule has 0 unspecified atom stereocenters. The summed E-state index contributed by atoms with van der Waals surface area (Å²) in [6, 6.07) is 5.09. The van der Waals surface area contributed by atoms with Crippen molar-refractivity contribution in [3.05, 3.63) is 29.3 Å². The number of hydrogen-bond donors (Lipinski definition) is 1. The fourth-order valence-corrected chi connectivity index (χ4v) is 4.31. The number of nitrogens with zero attached hydrogens (tertiary/aromatic N) is 1. The van der Waals surface area contributed by atoms with Gasteiger partial charge in [0.2, 0.25) is 10.0 Å². The van der Waals surface area contributed by atoms with Crippen LogP contribution in [0.1, 0.15) is 45.2 Å². The Morgan fingerprint density at radius 2 is 1.90 bits per heavy atom. The lowest BCUT2D eigenvalue weighted by atomic mass is 10.1. The zero-order chi connectivity index (χ0) is 15.3. The van der Waals surface area contributed by atoms with E-state index in [0.29, 0.717) is 23.4 Å². The van der Waals surface area contributed by atoms with Crippen LogP contribution in [0.15, 0.2) is 23.1 Å². The Morgan fingerprint density at radius 1 is 1.25 bits per heavy atom. The molecule has 0 heterocycles. The van der Waals surface area contributed by atoms with E-state index in [2.05, 4.69) is 0 Å². The molecule has 4 nitrogen and oxygen atoms in total. The Morgan fingerprint density at radius 3 is 2.35 bits per heavy atom. The van der Waals surface area contributed by atoms with Gasteiger partial charge in [0, 0.05) is 12.6 Å². The quantitative estimate of drug-likeness (QED) is 0.842. The minimum absolute atomic E-state index is 0.0811. The van der Waals surface area contributed by atoms with E-state index in [0.717, 1.165) is 12.0 Å². The van der Waals surface area contributed by atoms with Gasteiger partial charge in [-0.15, -0.1) is 0 Å². The molecule has 0 radical (unpaired) electrons. The van der Waals surface area contributed by atoms with Crippen molar-refractivity contribution in [1.82, 2.24) is 4.31 Å². The first-order valence-electron chi connectivity index (χ1n) is 7.12. The minimum Gasteiger partial charge on any atom is -0.392 e. The predicted octanol–water partition coefficient (Wildman–Crippen LogP) is 2.55. The molecule has 0 fully saturated rings. The molecule has 0 saturated carbocycles. The van der Waals surface area contributed by atoms with Crippen LogP contribution in [-0.4, -0.2) is 30.4 Å². The fraction of sp³-hybridized carbons (Fsp3) is 0.600. The summed E-state index contributed by atoms with van der Waals surface area (Å²) < 4.78 is 27.2. The molecule has 0 saturated heterocycles. The van der Waals surface area contributed by atoms with Gasteiger partial charge in [-0.05, 0) is 43.9 Å². The van der Waals surface area contributed by atoms with E-state index in [1.165, 1.54) is 4.31 Å². The number of aryl methyl sites for hydroxylation is 1. The van der Waals surface area contributed by atoms with Gasteiger partial charge in [0.15, 0.2) is 0 Å². The van der Waals surface area contributed by atoms with Gasteiger partial charge in [-0.3, -0.25) is 0 Å². The maximum atomic E-state index is 12.9. The lowest BCUT2D eigenvalue weighted by Gasteiger charge is -2.26. The molecule has 0 aliphatic rings. The molecule has 0 aromatic heterocycles.